The second-order valence-corrected chi connectivity index (χ2v) is 7.29. The van der Waals surface area contributed by atoms with Gasteiger partial charge < -0.3 is 14.8 Å². The van der Waals surface area contributed by atoms with Gasteiger partial charge in [-0.15, -0.1) is 0 Å². The van der Waals surface area contributed by atoms with Crippen molar-refractivity contribution in [3.05, 3.63) is 74.9 Å². The van der Waals surface area contributed by atoms with E-state index in [1.807, 2.05) is 0 Å². The van der Waals surface area contributed by atoms with Crippen LogP contribution >= 0.6 is 47.0 Å². The van der Waals surface area contributed by atoms with Gasteiger partial charge in [-0.25, -0.2) is 0 Å². The summed E-state index contributed by atoms with van der Waals surface area (Å²) >= 11 is 23.2. The van der Waals surface area contributed by atoms with E-state index in [0.717, 1.165) is 0 Å². The Morgan fingerprint density at radius 3 is 2.43 bits per heavy atom. The summed E-state index contributed by atoms with van der Waals surface area (Å²) in [5, 5.41) is 15.8. The standard InChI is InChI=1S/C19H13Cl3N2O3S/c20-14-5-2-11(8-13(14)17-6-3-12(9-25)27-17)23-19(28)24-18(26)10-1-4-15(21)16(22)7-10/h1-8,25H,9H2,(H2,23,24,26,28). The molecule has 2 aromatic carbocycles. The molecule has 0 spiro atoms. The summed E-state index contributed by atoms with van der Waals surface area (Å²) in [6.07, 6.45) is 0. The summed E-state index contributed by atoms with van der Waals surface area (Å²) in [5.74, 6) is 0.501. The first kappa shape index (κ1) is 20.6. The molecule has 0 aliphatic rings. The molecule has 0 saturated carbocycles. The first-order chi connectivity index (χ1) is 13.4. The van der Waals surface area contributed by atoms with Crippen LogP contribution < -0.4 is 10.6 Å². The summed E-state index contributed by atoms with van der Waals surface area (Å²) in [4.78, 5) is 12.3. The molecule has 0 bridgehead atoms. The molecule has 28 heavy (non-hydrogen) atoms. The van der Waals surface area contributed by atoms with Gasteiger partial charge in [-0.2, -0.15) is 0 Å². The van der Waals surface area contributed by atoms with Crippen LogP contribution in [0.5, 0.6) is 0 Å². The average Bonchev–Trinajstić information content (AvgIpc) is 3.14. The number of benzene rings is 2. The maximum atomic E-state index is 12.3. The molecule has 1 amide bonds. The van der Waals surface area contributed by atoms with Crippen molar-refractivity contribution in [1.82, 2.24) is 5.32 Å². The smallest absolute Gasteiger partial charge is 0.257 e. The van der Waals surface area contributed by atoms with Crippen LogP contribution in [0.3, 0.4) is 0 Å². The third kappa shape index (κ3) is 4.84. The number of carbonyl (C=O) groups is 1. The SMILES string of the molecule is O=C(NC(=S)Nc1ccc(Cl)c(-c2ccc(CO)o2)c1)c1ccc(Cl)c(Cl)c1. The fraction of sp³-hybridized carbons (Fsp3) is 0.0526. The maximum absolute atomic E-state index is 12.3. The number of hydrogen-bond acceptors (Lipinski definition) is 4. The van der Waals surface area contributed by atoms with E-state index < -0.39 is 5.91 Å². The summed E-state index contributed by atoms with van der Waals surface area (Å²) < 4.78 is 5.51. The van der Waals surface area contributed by atoms with Crippen LogP contribution in [-0.4, -0.2) is 16.1 Å². The number of aliphatic hydroxyl groups excluding tert-OH is 1. The number of amides is 1. The average molecular weight is 456 g/mol. The molecule has 0 radical (unpaired) electrons. The van der Waals surface area contributed by atoms with Crippen molar-refractivity contribution in [2.24, 2.45) is 0 Å². The fourth-order valence-electron chi connectivity index (χ4n) is 2.37. The van der Waals surface area contributed by atoms with Gasteiger partial charge in [0.15, 0.2) is 5.11 Å². The largest absolute Gasteiger partial charge is 0.459 e. The van der Waals surface area contributed by atoms with E-state index >= 15 is 0 Å². The van der Waals surface area contributed by atoms with Crippen LogP contribution in [0.25, 0.3) is 11.3 Å². The van der Waals surface area contributed by atoms with Crippen molar-refractivity contribution < 1.29 is 14.3 Å². The van der Waals surface area contributed by atoms with Crippen LogP contribution in [0.15, 0.2) is 52.9 Å². The van der Waals surface area contributed by atoms with E-state index in [1.165, 1.54) is 12.1 Å². The highest BCUT2D eigenvalue weighted by molar-refractivity contribution is 7.80. The van der Waals surface area contributed by atoms with E-state index in [9.17, 15) is 4.79 Å². The predicted molar refractivity (Wildman–Crippen MR) is 115 cm³/mol. The lowest BCUT2D eigenvalue weighted by atomic mass is 10.1. The van der Waals surface area contributed by atoms with Crippen molar-refractivity contribution in [2.75, 3.05) is 5.32 Å². The van der Waals surface area contributed by atoms with Crippen LogP contribution in [-0.2, 0) is 6.61 Å². The molecule has 3 N–H and O–H groups in total. The molecule has 0 unspecified atom stereocenters. The number of furan rings is 1. The Labute approximate surface area is 181 Å². The molecule has 0 fully saturated rings. The zero-order valence-corrected chi connectivity index (χ0v) is 17.2. The number of aliphatic hydroxyl groups is 1. The fourth-order valence-corrected chi connectivity index (χ4v) is 3.09. The molecule has 9 heteroatoms. The minimum Gasteiger partial charge on any atom is -0.459 e. The lowest BCUT2D eigenvalue weighted by Gasteiger charge is -2.11. The van der Waals surface area contributed by atoms with Crippen molar-refractivity contribution in [1.29, 1.82) is 0 Å². The van der Waals surface area contributed by atoms with Gasteiger partial charge in [-0.3, -0.25) is 10.1 Å². The number of hydrogen-bond donors (Lipinski definition) is 3. The summed E-state index contributed by atoms with van der Waals surface area (Å²) in [5.41, 5.74) is 1.54. The van der Waals surface area contributed by atoms with E-state index in [1.54, 1.807) is 36.4 Å². The van der Waals surface area contributed by atoms with Gasteiger partial charge in [0, 0.05) is 16.8 Å². The molecular formula is C19H13Cl3N2O3S. The van der Waals surface area contributed by atoms with E-state index in [0.29, 0.717) is 38.4 Å². The Balaban J connectivity index is 1.72. The first-order valence-corrected chi connectivity index (χ1v) is 9.48. The van der Waals surface area contributed by atoms with Gasteiger partial charge in [-0.1, -0.05) is 34.8 Å². The van der Waals surface area contributed by atoms with Crippen molar-refractivity contribution in [2.45, 2.75) is 6.61 Å². The predicted octanol–water partition coefficient (Wildman–Crippen LogP) is 5.53. The Morgan fingerprint density at radius 1 is 1.00 bits per heavy atom. The Bertz CT molecular complexity index is 1050. The van der Waals surface area contributed by atoms with Crippen molar-refractivity contribution >= 4 is 63.7 Å². The molecule has 3 rings (SSSR count). The quantitative estimate of drug-likeness (QED) is 0.451. The van der Waals surface area contributed by atoms with Gasteiger partial charge in [-0.05, 0) is 60.7 Å². The lowest BCUT2D eigenvalue weighted by Crippen LogP contribution is -2.34. The van der Waals surface area contributed by atoms with E-state index in [2.05, 4.69) is 10.6 Å². The second kappa shape index (κ2) is 8.94. The molecule has 5 nitrogen and oxygen atoms in total. The highest BCUT2D eigenvalue weighted by Crippen LogP contribution is 2.32. The number of rotatable bonds is 4. The highest BCUT2D eigenvalue weighted by Gasteiger charge is 2.12. The van der Waals surface area contributed by atoms with Crippen LogP contribution in [0, 0.1) is 0 Å². The topological polar surface area (TPSA) is 74.5 Å². The van der Waals surface area contributed by atoms with E-state index in [-0.39, 0.29) is 16.7 Å². The van der Waals surface area contributed by atoms with Gasteiger partial charge >= 0.3 is 0 Å². The summed E-state index contributed by atoms with van der Waals surface area (Å²) in [6, 6.07) is 13.0. The molecule has 0 aliphatic heterocycles. The number of halogens is 3. The molecule has 0 saturated heterocycles. The zero-order chi connectivity index (χ0) is 20.3. The Hall–Kier alpha value is -2.09. The number of anilines is 1. The van der Waals surface area contributed by atoms with Crippen molar-refractivity contribution in [3.63, 3.8) is 0 Å². The number of carbonyl (C=O) groups excluding carboxylic acids is 1. The monoisotopic (exact) mass is 454 g/mol. The van der Waals surface area contributed by atoms with Gasteiger partial charge in [0.25, 0.3) is 5.91 Å². The Kier molecular flexibility index (Phi) is 6.59. The summed E-state index contributed by atoms with van der Waals surface area (Å²) in [7, 11) is 0. The first-order valence-electron chi connectivity index (χ1n) is 7.94. The van der Waals surface area contributed by atoms with Gasteiger partial charge in [0.2, 0.25) is 0 Å². The maximum Gasteiger partial charge on any atom is 0.257 e. The Morgan fingerprint density at radius 2 is 1.75 bits per heavy atom. The highest BCUT2D eigenvalue weighted by atomic mass is 35.5. The number of thiocarbonyl (C=S) groups is 1. The molecule has 1 aromatic heterocycles. The summed E-state index contributed by atoms with van der Waals surface area (Å²) in [6.45, 7) is -0.208. The second-order valence-electron chi connectivity index (χ2n) is 5.66. The number of nitrogens with one attached hydrogen (secondary N) is 2. The van der Waals surface area contributed by atoms with Crippen LogP contribution in [0.4, 0.5) is 5.69 Å². The van der Waals surface area contributed by atoms with Crippen LogP contribution in [0.2, 0.25) is 15.1 Å². The molecule has 0 atom stereocenters. The molecular weight excluding hydrogens is 443 g/mol. The molecule has 144 valence electrons. The normalized spacial score (nSPS) is 10.6. The third-order valence-corrected chi connectivity index (χ3v) is 4.99. The molecule has 1 heterocycles. The lowest BCUT2D eigenvalue weighted by molar-refractivity contribution is 0.0977. The zero-order valence-electron chi connectivity index (χ0n) is 14.1. The van der Waals surface area contributed by atoms with E-state index in [4.69, 9.17) is 56.5 Å². The van der Waals surface area contributed by atoms with Crippen LogP contribution in [0.1, 0.15) is 16.1 Å². The molecule has 0 aliphatic carbocycles. The van der Waals surface area contributed by atoms with Gasteiger partial charge in [0.1, 0.15) is 18.1 Å². The molecule has 3 aromatic rings. The minimum absolute atomic E-state index is 0.0971. The third-order valence-electron chi connectivity index (χ3n) is 3.72. The van der Waals surface area contributed by atoms with Crippen molar-refractivity contribution in [3.8, 4) is 11.3 Å². The minimum atomic E-state index is -0.427. The van der Waals surface area contributed by atoms with Gasteiger partial charge in [0.05, 0.1) is 15.1 Å².